The largest absolute Gasteiger partial charge is 0.312 e. The van der Waals surface area contributed by atoms with Crippen LogP contribution in [0.15, 0.2) is 30.5 Å². The summed E-state index contributed by atoms with van der Waals surface area (Å²) < 4.78 is 1.98. The van der Waals surface area contributed by atoms with Gasteiger partial charge in [0.1, 0.15) is 5.69 Å². The minimum Gasteiger partial charge on any atom is -0.312 e. The average molecular weight is 240 g/mol. The summed E-state index contributed by atoms with van der Waals surface area (Å²) in [7, 11) is 0. The fraction of sp³-hybridized carbons (Fsp3) is 0.429. The average Bonchev–Trinajstić information content (AvgIpc) is 3.08. The van der Waals surface area contributed by atoms with E-state index in [1.165, 1.54) is 24.0 Å². The molecule has 1 N–H and O–H groups in total. The van der Waals surface area contributed by atoms with Crippen molar-refractivity contribution >= 4 is 0 Å². The van der Waals surface area contributed by atoms with Crippen molar-refractivity contribution in [3.8, 4) is 11.3 Å². The molecule has 2 fully saturated rings. The number of rotatable bonds is 3. The summed E-state index contributed by atoms with van der Waals surface area (Å²) in [5.74, 6) is 0.788. The predicted octanol–water partition coefficient (Wildman–Crippen LogP) is 1.97. The fourth-order valence-electron chi connectivity index (χ4n) is 2.42. The molecule has 0 radical (unpaired) electrons. The smallest absolute Gasteiger partial charge is 0.113 e. The summed E-state index contributed by atoms with van der Waals surface area (Å²) in [4.78, 5) is 0. The number of hydrogen-bond donors (Lipinski definition) is 1. The maximum Gasteiger partial charge on any atom is 0.113 e. The number of nitrogens with one attached hydrogen (secondary N) is 1. The fourth-order valence-corrected chi connectivity index (χ4v) is 2.42. The monoisotopic (exact) mass is 240 g/mol. The number of aromatic nitrogens is 3. The van der Waals surface area contributed by atoms with Gasteiger partial charge >= 0.3 is 0 Å². The van der Waals surface area contributed by atoms with Crippen LogP contribution in [-0.2, 0) is 0 Å². The van der Waals surface area contributed by atoms with E-state index in [1.54, 1.807) is 0 Å². The maximum atomic E-state index is 4.30. The molecule has 1 saturated carbocycles. The van der Waals surface area contributed by atoms with Gasteiger partial charge in [0.05, 0.1) is 12.2 Å². The Balaban J connectivity index is 1.64. The van der Waals surface area contributed by atoms with E-state index >= 15 is 0 Å². The third-order valence-electron chi connectivity index (χ3n) is 3.88. The lowest BCUT2D eigenvalue weighted by molar-refractivity contribution is 0.313. The van der Waals surface area contributed by atoms with Crippen molar-refractivity contribution in [3.05, 3.63) is 36.0 Å². The van der Waals surface area contributed by atoms with Gasteiger partial charge in [0.25, 0.3) is 0 Å². The molecule has 1 saturated heterocycles. The summed E-state index contributed by atoms with van der Waals surface area (Å²) in [6.07, 6.45) is 4.74. The van der Waals surface area contributed by atoms with E-state index in [0.29, 0.717) is 6.04 Å². The van der Waals surface area contributed by atoms with E-state index in [1.807, 2.05) is 4.68 Å². The summed E-state index contributed by atoms with van der Waals surface area (Å²) in [6, 6.07) is 9.23. The molecule has 18 heavy (non-hydrogen) atoms. The second-order valence-electron chi connectivity index (χ2n) is 5.30. The molecule has 0 unspecified atom stereocenters. The Morgan fingerprint density at radius 3 is 2.83 bits per heavy atom. The van der Waals surface area contributed by atoms with E-state index in [4.69, 9.17) is 0 Å². The molecular formula is C14H16N4. The quantitative estimate of drug-likeness (QED) is 0.892. The number of nitrogens with zero attached hydrogens (tertiary/aromatic N) is 3. The second-order valence-corrected chi connectivity index (χ2v) is 5.30. The van der Waals surface area contributed by atoms with Crippen LogP contribution in [0.3, 0.4) is 0 Å². The van der Waals surface area contributed by atoms with Crippen LogP contribution in [0.2, 0.25) is 0 Å². The van der Waals surface area contributed by atoms with Gasteiger partial charge in [-0.1, -0.05) is 23.4 Å². The van der Waals surface area contributed by atoms with Crippen molar-refractivity contribution in [1.29, 1.82) is 0 Å². The van der Waals surface area contributed by atoms with Crippen LogP contribution in [0.5, 0.6) is 0 Å². The zero-order valence-electron chi connectivity index (χ0n) is 10.2. The SMILES string of the molecule is c1cc(-c2cn(C3CNC3)nn2)cc(C2CC2)c1. The van der Waals surface area contributed by atoms with Gasteiger partial charge in [-0.15, -0.1) is 5.10 Å². The van der Waals surface area contributed by atoms with Crippen LogP contribution in [0, 0.1) is 0 Å². The molecule has 0 bridgehead atoms. The van der Waals surface area contributed by atoms with E-state index in [2.05, 4.69) is 46.1 Å². The molecular weight excluding hydrogens is 224 g/mol. The van der Waals surface area contributed by atoms with Crippen molar-refractivity contribution in [2.24, 2.45) is 0 Å². The zero-order valence-corrected chi connectivity index (χ0v) is 10.2. The van der Waals surface area contributed by atoms with Crippen molar-refractivity contribution in [2.45, 2.75) is 24.8 Å². The number of hydrogen-bond acceptors (Lipinski definition) is 3. The first kappa shape index (κ1) is 10.3. The van der Waals surface area contributed by atoms with Gasteiger partial charge in [0.2, 0.25) is 0 Å². The van der Waals surface area contributed by atoms with E-state index in [9.17, 15) is 0 Å². The van der Waals surface area contributed by atoms with E-state index in [0.717, 1.165) is 24.7 Å². The van der Waals surface area contributed by atoms with Crippen LogP contribution in [0.1, 0.15) is 30.4 Å². The first-order chi connectivity index (χ1) is 8.90. The molecule has 1 aromatic carbocycles. The molecule has 2 aromatic rings. The van der Waals surface area contributed by atoms with Crippen molar-refractivity contribution < 1.29 is 0 Å². The second kappa shape index (κ2) is 3.92. The van der Waals surface area contributed by atoms with Crippen molar-refractivity contribution in [1.82, 2.24) is 20.3 Å². The van der Waals surface area contributed by atoms with Crippen molar-refractivity contribution in [3.63, 3.8) is 0 Å². The number of benzene rings is 1. The van der Waals surface area contributed by atoms with E-state index in [-0.39, 0.29) is 0 Å². The Hall–Kier alpha value is -1.68. The third kappa shape index (κ3) is 1.73. The molecule has 1 aliphatic carbocycles. The van der Waals surface area contributed by atoms with Crippen LogP contribution in [0.25, 0.3) is 11.3 Å². The van der Waals surface area contributed by atoms with Gasteiger partial charge in [0.15, 0.2) is 0 Å². The highest BCUT2D eigenvalue weighted by molar-refractivity contribution is 5.59. The zero-order chi connectivity index (χ0) is 11.9. The highest BCUT2D eigenvalue weighted by Gasteiger charge is 2.24. The molecule has 4 nitrogen and oxygen atoms in total. The molecule has 92 valence electrons. The van der Waals surface area contributed by atoms with Crippen LogP contribution in [0.4, 0.5) is 0 Å². The Morgan fingerprint density at radius 1 is 1.22 bits per heavy atom. The molecule has 1 aliphatic heterocycles. The van der Waals surface area contributed by atoms with Crippen LogP contribution < -0.4 is 5.32 Å². The molecule has 2 heterocycles. The van der Waals surface area contributed by atoms with Gasteiger partial charge in [-0.05, 0) is 30.4 Å². The lowest BCUT2D eigenvalue weighted by atomic mass is 10.1. The molecule has 2 aliphatic rings. The summed E-state index contributed by atoms with van der Waals surface area (Å²) in [5.41, 5.74) is 3.63. The summed E-state index contributed by atoms with van der Waals surface area (Å²) in [6.45, 7) is 2.01. The lowest BCUT2D eigenvalue weighted by Gasteiger charge is -2.26. The van der Waals surface area contributed by atoms with Gasteiger partial charge < -0.3 is 5.32 Å². The molecule has 0 spiro atoms. The maximum absolute atomic E-state index is 4.30. The molecule has 0 amide bonds. The van der Waals surface area contributed by atoms with Gasteiger partial charge in [-0.2, -0.15) is 0 Å². The highest BCUT2D eigenvalue weighted by atomic mass is 15.4. The van der Waals surface area contributed by atoms with Crippen LogP contribution in [-0.4, -0.2) is 28.1 Å². The van der Waals surface area contributed by atoms with E-state index < -0.39 is 0 Å². The molecule has 4 heteroatoms. The first-order valence-electron chi connectivity index (χ1n) is 6.63. The normalized spacial score (nSPS) is 19.8. The van der Waals surface area contributed by atoms with Crippen molar-refractivity contribution in [2.75, 3.05) is 13.1 Å². The van der Waals surface area contributed by atoms with Gasteiger partial charge in [-0.3, -0.25) is 0 Å². The van der Waals surface area contributed by atoms with Crippen LogP contribution >= 0.6 is 0 Å². The Labute approximate surface area is 106 Å². The predicted molar refractivity (Wildman–Crippen MR) is 69.3 cm³/mol. The summed E-state index contributed by atoms with van der Waals surface area (Å²) >= 11 is 0. The minimum atomic E-state index is 0.484. The molecule has 1 aromatic heterocycles. The molecule has 0 atom stereocenters. The third-order valence-corrected chi connectivity index (χ3v) is 3.88. The standard InChI is InChI=1S/C14H16N4/c1-2-11(10-4-5-10)6-12(3-1)14-9-18(17-16-14)13-7-15-8-13/h1-3,6,9-10,13,15H,4-5,7-8H2. The summed E-state index contributed by atoms with van der Waals surface area (Å²) in [5, 5.41) is 11.8. The first-order valence-corrected chi connectivity index (χ1v) is 6.63. The Bertz CT molecular complexity index is 567. The van der Waals surface area contributed by atoms with Gasteiger partial charge in [0, 0.05) is 18.7 Å². The topological polar surface area (TPSA) is 42.7 Å². The van der Waals surface area contributed by atoms with Gasteiger partial charge in [-0.25, -0.2) is 4.68 Å². The Kier molecular flexibility index (Phi) is 2.23. The highest BCUT2D eigenvalue weighted by Crippen LogP contribution is 2.40. The molecule has 4 rings (SSSR count). The Morgan fingerprint density at radius 2 is 2.11 bits per heavy atom. The minimum absolute atomic E-state index is 0.484. The lowest BCUT2D eigenvalue weighted by Crippen LogP contribution is -2.43.